The molecule has 3 N–H and O–H groups in total. The van der Waals surface area contributed by atoms with Crippen LogP contribution in [0.25, 0.3) is 0 Å². The van der Waals surface area contributed by atoms with Crippen LogP contribution in [-0.2, 0) is 12.8 Å². The Labute approximate surface area is 119 Å². The van der Waals surface area contributed by atoms with Crippen molar-refractivity contribution in [2.24, 2.45) is 5.73 Å². The van der Waals surface area contributed by atoms with Crippen molar-refractivity contribution in [3.05, 3.63) is 65.2 Å². The van der Waals surface area contributed by atoms with E-state index in [1.807, 2.05) is 42.5 Å². The van der Waals surface area contributed by atoms with Gasteiger partial charge in [0, 0.05) is 12.8 Å². The van der Waals surface area contributed by atoms with E-state index in [1.165, 1.54) is 5.56 Å². The Balaban J connectivity index is 1.73. The molecule has 1 aliphatic heterocycles. The number of benzene rings is 2. The number of hydrogen-bond acceptors (Lipinski definition) is 3. The van der Waals surface area contributed by atoms with Gasteiger partial charge in [0.25, 0.3) is 0 Å². The molecule has 0 radical (unpaired) electrons. The quantitative estimate of drug-likeness (QED) is 0.895. The molecule has 1 aliphatic rings. The van der Waals surface area contributed by atoms with Crippen LogP contribution in [0.3, 0.4) is 0 Å². The number of ether oxygens (including phenoxy) is 1. The Morgan fingerprint density at radius 3 is 2.75 bits per heavy atom. The molecule has 0 fully saturated rings. The van der Waals surface area contributed by atoms with Crippen LogP contribution in [0, 0.1) is 0 Å². The SMILES string of the molecule is N[C@H](c1ccc2c(c1)CCO2)[C@@H](O)Cc1ccccc1. The van der Waals surface area contributed by atoms with Crippen molar-refractivity contribution >= 4 is 0 Å². The minimum Gasteiger partial charge on any atom is -0.493 e. The van der Waals surface area contributed by atoms with E-state index < -0.39 is 6.10 Å². The summed E-state index contributed by atoms with van der Waals surface area (Å²) in [4.78, 5) is 0. The highest BCUT2D eigenvalue weighted by atomic mass is 16.5. The summed E-state index contributed by atoms with van der Waals surface area (Å²) in [5.74, 6) is 0.943. The van der Waals surface area contributed by atoms with Crippen LogP contribution < -0.4 is 10.5 Å². The molecule has 1 heterocycles. The van der Waals surface area contributed by atoms with E-state index in [-0.39, 0.29) is 6.04 Å². The molecular formula is C17H19NO2. The van der Waals surface area contributed by atoms with Gasteiger partial charge >= 0.3 is 0 Å². The highest BCUT2D eigenvalue weighted by Crippen LogP contribution is 2.28. The molecule has 0 amide bonds. The minimum atomic E-state index is -0.585. The van der Waals surface area contributed by atoms with Crippen molar-refractivity contribution in [3.63, 3.8) is 0 Å². The molecule has 3 rings (SSSR count). The summed E-state index contributed by atoms with van der Waals surface area (Å²) in [7, 11) is 0. The van der Waals surface area contributed by atoms with Gasteiger partial charge in [0.15, 0.2) is 0 Å². The van der Waals surface area contributed by atoms with Crippen LogP contribution in [0.4, 0.5) is 0 Å². The van der Waals surface area contributed by atoms with Crippen molar-refractivity contribution in [1.29, 1.82) is 0 Å². The average molecular weight is 269 g/mol. The number of nitrogens with two attached hydrogens (primary N) is 1. The second-order valence-electron chi connectivity index (χ2n) is 5.25. The highest BCUT2D eigenvalue weighted by molar-refractivity contribution is 5.41. The van der Waals surface area contributed by atoms with Crippen LogP contribution in [0.1, 0.15) is 22.7 Å². The van der Waals surface area contributed by atoms with Crippen LogP contribution in [0.5, 0.6) is 5.75 Å². The second-order valence-corrected chi connectivity index (χ2v) is 5.25. The lowest BCUT2D eigenvalue weighted by atomic mass is 9.95. The molecule has 0 bridgehead atoms. The maximum atomic E-state index is 10.3. The predicted octanol–water partition coefficient (Wildman–Crippen LogP) is 2.22. The summed E-state index contributed by atoms with van der Waals surface area (Å²) in [5, 5.41) is 10.3. The summed E-state index contributed by atoms with van der Waals surface area (Å²) in [6.07, 6.45) is 0.901. The van der Waals surface area contributed by atoms with Gasteiger partial charge in [-0.25, -0.2) is 0 Å². The van der Waals surface area contributed by atoms with Crippen molar-refractivity contribution in [2.75, 3.05) is 6.61 Å². The fourth-order valence-corrected chi connectivity index (χ4v) is 2.62. The number of fused-ring (bicyclic) bond motifs is 1. The molecule has 2 atom stereocenters. The van der Waals surface area contributed by atoms with Gasteiger partial charge in [0.1, 0.15) is 5.75 Å². The summed E-state index contributed by atoms with van der Waals surface area (Å²) in [6.45, 7) is 0.737. The third kappa shape index (κ3) is 2.69. The fraction of sp³-hybridized carbons (Fsp3) is 0.294. The van der Waals surface area contributed by atoms with Crippen molar-refractivity contribution in [3.8, 4) is 5.75 Å². The first-order valence-electron chi connectivity index (χ1n) is 6.97. The summed E-state index contributed by atoms with van der Waals surface area (Å²) >= 11 is 0. The zero-order valence-electron chi connectivity index (χ0n) is 11.3. The Morgan fingerprint density at radius 1 is 1.15 bits per heavy atom. The molecular weight excluding hydrogens is 250 g/mol. The first kappa shape index (κ1) is 13.2. The third-order valence-electron chi connectivity index (χ3n) is 3.80. The predicted molar refractivity (Wildman–Crippen MR) is 78.7 cm³/mol. The molecule has 0 aromatic heterocycles. The van der Waals surface area contributed by atoms with Crippen molar-refractivity contribution in [2.45, 2.75) is 25.0 Å². The Morgan fingerprint density at radius 2 is 1.95 bits per heavy atom. The van der Waals surface area contributed by atoms with E-state index in [0.717, 1.165) is 29.9 Å². The molecule has 2 aromatic carbocycles. The van der Waals surface area contributed by atoms with E-state index in [1.54, 1.807) is 0 Å². The fourth-order valence-electron chi connectivity index (χ4n) is 2.62. The number of hydrogen-bond donors (Lipinski definition) is 2. The first-order chi connectivity index (χ1) is 9.74. The van der Waals surface area contributed by atoms with E-state index in [0.29, 0.717) is 6.42 Å². The highest BCUT2D eigenvalue weighted by Gasteiger charge is 2.20. The first-order valence-corrected chi connectivity index (χ1v) is 6.97. The van der Waals surface area contributed by atoms with E-state index in [2.05, 4.69) is 6.07 Å². The number of aliphatic hydroxyl groups excluding tert-OH is 1. The molecule has 0 unspecified atom stereocenters. The van der Waals surface area contributed by atoms with Gasteiger partial charge in [0.05, 0.1) is 18.8 Å². The lowest BCUT2D eigenvalue weighted by Crippen LogP contribution is -2.28. The zero-order chi connectivity index (χ0) is 13.9. The average Bonchev–Trinajstić information content (AvgIpc) is 2.94. The van der Waals surface area contributed by atoms with Crippen LogP contribution in [0.15, 0.2) is 48.5 Å². The monoisotopic (exact) mass is 269 g/mol. The van der Waals surface area contributed by atoms with Gasteiger partial charge in [-0.3, -0.25) is 0 Å². The molecule has 0 saturated carbocycles. The molecule has 3 heteroatoms. The van der Waals surface area contributed by atoms with Crippen LogP contribution in [0.2, 0.25) is 0 Å². The normalized spacial score (nSPS) is 16.3. The molecule has 0 aliphatic carbocycles. The topological polar surface area (TPSA) is 55.5 Å². The Kier molecular flexibility index (Phi) is 3.72. The maximum Gasteiger partial charge on any atom is 0.122 e. The summed E-state index contributed by atoms with van der Waals surface area (Å²) < 4.78 is 5.49. The van der Waals surface area contributed by atoms with Gasteiger partial charge in [-0.2, -0.15) is 0 Å². The molecule has 2 aromatic rings. The van der Waals surface area contributed by atoms with E-state index in [4.69, 9.17) is 10.5 Å². The maximum absolute atomic E-state index is 10.3. The largest absolute Gasteiger partial charge is 0.493 e. The summed E-state index contributed by atoms with van der Waals surface area (Å²) in [5.41, 5.74) is 9.44. The van der Waals surface area contributed by atoms with Gasteiger partial charge < -0.3 is 15.6 Å². The smallest absolute Gasteiger partial charge is 0.122 e. The molecule has 104 valence electrons. The lowest BCUT2D eigenvalue weighted by Gasteiger charge is -2.20. The lowest BCUT2D eigenvalue weighted by molar-refractivity contribution is 0.145. The van der Waals surface area contributed by atoms with Gasteiger partial charge in [-0.05, 0) is 22.8 Å². The number of rotatable bonds is 4. The Hall–Kier alpha value is -1.84. The molecule has 0 saturated heterocycles. The standard InChI is InChI=1S/C17H19NO2/c18-17(15(19)10-12-4-2-1-3-5-12)14-6-7-16-13(11-14)8-9-20-16/h1-7,11,15,17,19H,8-10,18H2/t15-,17+/m0/s1. The Bertz CT molecular complexity index is 583. The summed E-state index contributed by atoms with van der Waals surface area (Å²) in [6, 6.07) is 15.5. The van der Waals surface area contributed by atoms with Gasteiger partial charge in [-0.15, -0.1) is 0 Å². The van der Waals surface area contributed by atoms with E-state index in [9.17, 15) is 5.11 Å². The van der Waals surface area contributed by atoms with Gasteiger partial charge in [0.2, 0.25) is 0 Å². The van der Waals surface area contributed by atoms with Crippen molar-refractivity contribution < 1.29 is 9.84 Å². The molecule has 0 spiro atoms. The van der Waals surface area contributed by atoms with Crippen LogP contribution in [-0.4, -0.2) is 17.8 Å². The van der Waals surface area contributed by atoms with Crippen molar-refractivity contribution in [1.82, 2.24) is 0 Å². The molecule has 20 heavy (non-hydrogen) atoms. The van der Waals surface area contributed by atoms with Crippen LogP contribution >= 0.6 is 0 Å². The van der Waals surface area contributed by atoms with Gasteiger partial charge in [-0.1, -0.05) is 42.5 Å². The second kappa shape index (κ2) is 5.65. The number of aliphatic hydroxyl groups is 1. The van der Waals surface area contributed by atoms with E-state index >= 15 is 0 Å². The minimum absolute atomic E-state index is 0.374. The zero-order valence-corrected chi connectivity index (χ0v) is 11.3. The molecule has 3 nitrogen and oxygen atoms in total. The third-order valence-corrected chi connectivity index (χ3v) is 3.80.